The second-order valence-corrected chi connectivity index (χ2v) is 13.5. The number of hydrogen-bond acceptors (Lipinski definition) is 7. The molecular formula is C24H27F3N6O4S2. The minimum absolute atomic E-state index is 0.00349. The lowest BCUT2D eigenvalue weighted by molar-refractivity contribution is -0.130. The average Bonchev–Trinajstić information content (AvgIpc) is 3.44. The highest BCUT2D eigenvalue weighted by molar-refractivity contribution is 7.90. The number of aromatic nitrogens is 4. The van der Waals surface area contributed by atoms with E-state index in [1.54, 1.807) is 28.8 Å². The van der Waals surface area contributed by atoms with Gasteiger partial charge in [0.2, 0.25) is 16.0 Å². The lowest BCUT2D eigenvalue weighted by Gasteiger charge is -2.27. The molecule has 0 radical (unpaired) electrons. The van der Waals surface area contributed by atoms with Crippen LogP contribution in [0.25, 0.3) is 16.7 Å². The first kappa shape index (κ1) is 27.4. The molecule has 1 unspecified atom stereocenters. The van der Waals surface area contributed by atoms with Crippen molar-refractivity contribution < 1.29 is 30.0 Å². The topological polar surface area (TPSA) is 110 Å². The number of hydrogen-bond donors (Lipinski definition) is 0. The van der Waals surface area contributed by atoms with Crippen molar-refractivity contribution in [1.82, 2.24) is 22.6 Å². The number of sulfonamides is 1. The van der Waals surface area contributed by atoms with Gasteiger partial charge in [-0.05, 0) is 38.5 Å². The number of anilines is 1. The van der Waals surface area contributed by atoms with Crippen molar-refractivity contribution in [1.29, 1.82) is 0 Å². The van der Waals surface area contributed by atoms with Gasteiger partial charge in [-0.2, -0.15) is 13.2 Å². The lowest BCUT2D eigenvalue weighted by atomic mass is 10.2. The summed E-state index contributed by atoms with van der Waals surface area (Å²) in [6.07, 6.45) is -1.06. The number of alkyl halides is 3. The largest absolute Gasteiger partial charge is 0.390 e. The van der Waals surface area contributed by atoms with Gasteiger partial charge in [-0.25, -0.2) is 35.1 Å². The van der Waals surface area contributed by atoms with Crippen molar-refractivity contribution in [3.63, 3.8) is 0 Å². The molecule has 0 spiro atoms. The van der Waals surface area contributed by atoms with Crippen LogP contribution in [0.5, 0.6) is 0 Å². The van der Waals surface area contributed by atoms with Gasteiger partial charge in [-0.15, -0.1) is 0 Å². The summed E-state index contributed by atoms with van der Waals surface area (Å²) < 4.78 is 94.0. The molecule has 1 saturated heterocycles. The molecule has 0 aliphatic carbocycles. The molecule has 0 saturated carbocycles. The summed E-state index contributed by atoms with van der Waals surface area (Å²) in [5.41, 5.74) is 2.21. The Hall–Kier alpha value is -3.17. The van der Waals surface area contributed by atoms with E-state index in [9.17, 15) is 30.0 Å². The fourth-order valence-corrected chi connectivity index (χ4v) is 7.51. The van der Waals surface area contributed by atoms with Crippen molar-refractivity contribution >= 4 is 42.7 Å². The first-order valence-electron chi connectivity index (χ1n) is 12.2. The van der Waals surface area contributed by atoms with E-state index in [0.29, 0.717) is 23.4 Å². The van der Waals surface area contributed by atoms with Crippen molar-refractivity contribution in [2.24, 2.45) is 0 Å². The molecule has 1 fully saturated rings. The molecule has 0 N–H and O–H groups in total. The minimum Gasteiger partial charge on any atom is -0.338 e. The minimum atomic E-state index is -4.56. The van der Waals surface area contributed by atoms with Gasteiger partial charge in [0.05, 0.1) is 40.5 Å². The Morgan fingerprint density at radius 3 is 2.36 bits per heavy atom. The fraction of sp³-hybridized carbons (Fsp3) is 0.417. The first-order chi connectivity index (χ1) is 18.3. The third kappa shape index (κ3) is 5.22. The molecule has 1 aromatic carbocycles. The van der Waals surface area contributed by atoms with Gasteiger partial charge < -0.3 is 4.90 Å². The van der Waals surface area contributed by atoms with Crippen LogP contribution in [-0.4, -0.2) is 77.1 Å². The molecule has 1 atom stereocenters. The molecule has 10 nitrogen and oxygen atoms in total. The van der Waals surface area contributed by atoms with E-state index in [2.05, 4.69) is 9.97 Å². The van der Waals surface area contributed by atoms with Gasteiger partial charge in [0.15, 0.2) is 5.65 Å². The SMILES string of the molecule is Cc1ccc(S(=O)(=O)n2ccc3c2ncc2cnc(N4CCN(S(=O)(=O)CCC(F)(F)F)CCC4C)n23)cc1. The van der Waals surface area contributed by atoms with E-state index in [1.807, 2.05) is 18.7 Å². The van der Waals surface area contributed by atoms with E-state index in [0.717, 1.165) is 13.8 Å². The van der Waals surface area contributed by atoms with E-state index in [4.69, 9.17) is 0 Å². The molecule has 1 aliphatic heterocycles. The zero-order valence-electron chi connectivity index (χ0n) is 21.2. The number of aryl methyl sites for hydroxylation is 1. The summed E-state index contributed by atoms with van der Waals surface area (Å²) in [5.74, 6) is -0.531. The van der Waals surface area contributed by atoms with Gasteiger partial charge in [-0.3, -0.25) is 4.40 Å². The Balaban J connectivity index is 1.49. The number of rotatable bonds is 6. The second kappa shape index (κ2) is 9.78. The summed E-state index contributed by atoms with van der Waals surface area (Å²) in [6, 6.07) is 7.93. The second-order valence-electron chi connectivity index (χ2n) is 9.63. The van der Waals surface area contributed by atoms with Crippen LogP contribution >= 0.6 is 0 Å². The van der Waals surface area contributed by atoms with Crippen LogP contribution in [0, 0.1) is 6.92 Å². The Labute approximate surface area is 223 Å². The molecule has 4 aromatic rings. The van der Waals surface area contributed by atoms with Crippen LogP contribution in [0.2, 0.25) is 0 Å². The van der Waals surface area contributed by atoms with Crippen molar-refractivity contribution in [3.05, 3.63) is 54.5 Å². The maximum absolute atomic E-state index is 13.4. The lowest BCUT2D eigenvalue weighted by Crippen LogP contribution is -2.38. The van der Waals surface area contributed by atoms with Crippen LogP contribution in [0.1, 0.15) is 25.3 Å². The number of imidazole rings is 1. The molecule has 210 valence electrons. The maximum Gasteiger partial charge on any atom is 0.390 e. The summed E-state index contributed by atoms with van der Waals surface area (Å²) in [7, 11) is -8.03. The molecule has 15 heteroatoms. The van der Waals surface area contributed by atoms with E-state index < -0.39 is 38.4 Å². The molecule has 39 heavy (non-hydrogen) atoms. The van der Waals surface area contributed by atoms with E-state index >= 15 is 0 Å². The molecule has 3 aromatic heterocycles. The number of benzene rings is 1. The van der Waals surface area contributed by atoms with Crippen LogP contribution in [0.15, 0.2) is 53.8 Å². The fourth-order valence-electron chi connectivity index (χ4n) is 4.72. The van der Waals surface area contributed by atoms with Crippen molar-refractivity contribution in [3.8, 4) is 0 Å². The molecule has 4 heterocycles. The highest BCUT2D eigenvalue weighted by Gasteiger charge is 2.34. The quantitative estimate of drug-likeness (QED) is 0.342. The van der Waals surface area contributed by atoms with Crippen LogP contribution in [-0.2, 0) is 20.0 Å². The van der Waals surface area contributed by atoms with E-state index in [1.165, 1.54) is 24.5 Å². The molecular weight excluding hydrogens is 557 g/mol. The smallest absolute Gasteiger partial charge is 0.338 e. The average molecular weight is 585 g/mol. The van der Waals surface area contributed by atoms with Crippen LogP contribution < -0.4 is 4.90 Å². The summed E-state index contributed by atoms with van der Waals surface area (Å²) in [4.78, 5) is 10.9. The van der Waals surface area contributed by atoms with Gasteiger partial charge in [-0.1, -0.05) is 17.7 Å². The van der Waals surface area contributed by atoms with Gasteiger partial charge in [0, 0.05) is 31.9 Å². The van der Waals surface area contributed by atoms with Gasteiger partial charge in [0.25, 0.3) is 10.0 Å². The highest BCUT2D eigenvalue weighted by Crippen LogP contribution is 2.28. The predicted molar refractivity (Wildman–Crippen MR) is 140 cm³/mol. The Morgan fingerprint density at radius 1 is 0.974 bits per heavy atom. The summed E-state index contributed by atoms with van der Waals surface area (Å²) in [6.45, 7) is 4.02. The van der Waals surface area contributed by atoms with Gasteiger partial charge in [0.1, 0.15) is 0 Å². The van der Waals surface area contributed by atoms with Gasteiger partial charge >= 0.3 is 6.18 Å². The monoisotopic (exact) mass is 584 g/mol. The maximum atomic E-state index is 13.4. The molecule has 1 aliphatic rings. The zero-order valence-corrected chi connectivity index (χ0v) is 22.8. The normalized spacial score (nSPS) is 18.2. The molecule has 5 rings (SSSR count). The van der Waals surface area contributed by atoms with Crippen LogP contribution in [0.3, 0.4) is 0 Å². The third-order valence-corrected chi connectivity index (χ3v) is 10.5. The molecule has 0 amide bonds. The van der Waals surface area contributed by atoms with Crippen molar-refractivity contribution in [2.75, 3.05) is 30.3 Å². The summed E-state index contributed by atoms with van der Waals surface area (Å²) in [5, 5.41) is 0. The Kier molecular flexibility index (Phi) is 6.87. The van der Waals surface area contributed by atoms with E-state index in [-0.39, 0.29) is 36.2 Å². The highest BCUT2D eigenvalue weighted by atomic mass is 32.2. The zero-order chi connectivity index (χ0) is 28.2. The van der Waals surface area contributed by atoms with Crippen LogP contribution in [0.4, 0.5) is 19.1 Å². The number of nitrogens with zero attached hydrogens (tertiary/aromatic N) is 6. The Morgan fingerprint density at radius 2 is 1.67 bits per heavy atom. The Bertz CT molecular complexity index is 1730. The molecule has 0 bridgehead atoms. The number of halogens is 3. The predicted octanol–water partition coefficient (Wildman–Crippen LogP) is 3.41. The standard InChI is InChI=1S/C24H27F3N6O4S2/c1-17-3-5-20(6-4-17)39(36,37)32-11-8-21-22(32)28-15-19-16-29-23(33(19)21)31-13-12-30(10-7-18(31)2)38(34,35)14-9-24(25,26)27/h3-6,8,11,15-16,18H,7,9-10,12-14H2,1-2H3. The summed E-state index contributed by atoms with van der Waals surface area (Å²) >= 11 is 0. The van der Waals surface area contributed by atoms with Crippen molar-refractivity contribution in [2.45, 2.75) is 43.8 Å². The number of fused-ring (bicyclic) bond motifs is 3. The first-order valence-corrected chi connectivity index (χ1v) is 15.3. The third-order valence-electron chi connectivity index (χ3n) is 6.93.